The van der Waals surface area contributed by atoms with E-state index in [-0.39, 0.29) is 36.9 Å². The normalized spacial score (nSPS) is 20.9. The van der Waals surface area contributed by atoms with Crippen LogP contribution in [0, 0.1) is 0 Å². The lowest BCUT2D eigenvalue weighted by atomic mass is 10.0. The van der Waals surface area contributed by atoms with Gasteiger partial charge >= 0.3 is 0 Å². The number of likely N-dealkylation sites (N-methyl/N-ethyl adjacent to an activating group) is 1. The molecule has 1 N–H and O–H groups in total. The van der Waals surface area contributed by atoms with Gasteiger partial charge in [0.05, 0.1) is 6.10 Å². The summed E-state index contributed by atoms with van der Waals surface area (Å²) in [5.41, 5.74) is 0. The molecule has 1 atom stereocenters. The lowest BCUT2D eigenvalue weighted by molar-refractivity contribution is -0.149. The second-order valence-corrected chi connectivity index (χ2v) is 4.31. The second-order valence-electron chi connectivity index (χ2n) is 4.31. The lowest BCUT2D eigenvalue weighted by Crippen LogP contribution is -2.53. The average molecular weight is 242 g/mol. The first-order valence-corrected chi connectivity index (χ1v) is 5.63. The SMILES string of the molecule is CC(C)OCC(=O)NC1CCC(=O)N(C)C1=O. The molecule has 17 heavy (non-hydrogen) atoms. The molecule has 1 rings (SSSR count). The van der Waals surface area contributed by atoms with Crippen molar-refractivity contribution in [2.75, 3.05) is 13.7 Å². The smallest absolute Gasteiger partial charge is 0.251 e. The van der Waals surface area contributed by atoms with Crippen molar-refractivity contribution in [3.63, 3.8) is 0 Å². The van der Waals surface area contributed by atoms with Crippen molar-refractivity contribution in [3.8, 4) is 0 Å². The number of hydrogen-bond acceptors (Lipinski definition) is 4. The standard InChI is InChI=1S/C11H18N2O4/c1-7(2)17-6-9(14)12-8-4-5-10(15)13(3)11(8)16/h7-8H,4-6H2,1-3H3,(H,12,14). The summed E-state index contributed by atoms with van der Waals surface area (Å²) < 4.78 is 5.12. The summed E-state index contributed by atoms with van der Waals surface area (Å²) in [4.78, 5) is 35.4. The van der Waals surface area contributed by atoms with Gasteiger partial charge in [-0.1, -0.05) is 0 Å². The maximum atomic E-state index is 11.7. The molecule has 0 aliphatic carbocycles. The molecule has 96 valence electrons. The molecule has 6 nitrogen and oxygen atoms in total. The summed E-state index contributed by atoms with van der Waals surface area (Å²) in [6, 6.07) is -0.610. The van der Waals surface area contributed by atoms with Crippen LogP contribution in [-0.2, 0) is 19.1 Å². The van der Waals surface area contributed by atoms with E-state index in [1.807, 2.05) is 13.8 Å². The van der Waals surface area contributed by atoms with Gasteiger partial charge in [0.25, 0.3) is 5.91 Å². The van der Waals surface area contributed by atoms with E-state index in [2.05, 4.69) is 5.32 Å². The van der Waals surface area contributed by atoms with Crippen LogP contribution in [0.4, 0.5) is 0 Å². The molecule has 0 aromatic carbocycles. The molecule has 0 saturated carbocycles. The molecule has 1 heterocycles. The number of amides is 3. The molecule has 3 amide bonds. The van der Waals surface area contributed by atoms with Crippen LogP contribution in [0.5, 0.6) is 0 Å². The van der Waals surface area contributed by atoms with Crippen molar-refractivity contribution in [1.29, 1.82) is 0 Å². The van der Waals surface area contributed by atoms with Crippen molar-refractivity contribution in [2.24, 2.45) is 0 Å². The van der Waals surface area contributed by atoms with Crippen LogP contribution in [0.1, 0.15) is 26.7 Å². The van der Waals surface area contributed by atoms with Gasteiger partial charge in [-0.05, 0) is 20.3 Å². The van der Waals surface area contributed by atoms with Crippen molar-refractivity contribution in [2.45, 2.75) is 38.8 Å². The molecule has 0 aromatic rings. The third-order valence-corrected chi connectivity index (χ3v) is 2.53. The molecule has 1 unspecified atom stereocenters. The molecule has 0 aromatic heterocycles. The van der Waals surface area contributed by atoms with Crippen LogP contribution in [-0.4, -0.2) is 48.4 Å². The van der Waals surface area contributed by atoms with Crippen molar-refractivity contribution < 1.29 is 19.1 Å². The van der Waals surface area contributed by atoms with E-state index in [1.165, 1.54) is 7.05 Å². The molecule has 0 spiro atoms. The summed E-state index contributed by atoms with van der Waals surface area (Å²) in [7, 11) is 1.42. The zero-order chi connectivity index (χ0) is 13.0. The van der Waals surface area contributed by atoms with E-state index in [0.717, 1.165) is 4.90 Å². The van der Waals surface area contributed by atoms with Crippen LogP contribution in [0.2, 0.25) is 0 Å². The molecule has 1 fully saturated rings. The average Bonchev–Trinajstić information content (AvgIpc) is 2.27. The first-order valence-electron chi connectivity index (χ1n) is 5.63. The topological polar surface area (TPSA) is 75.7 Å². The minimum absolute atomic E-state index is 0.0351. The summed E-state index contributed by atoms with van der Waals surface area (Å²) in [5, 5.41) is 2.57. The number of ether oxygens (including phenoxy) is 1. The molecular formula is C11H18N2O4. The highest BCUT2D eigenvalue weighted by Crippen LogP contribution is 2.11. The second kappa shape index (κ2) is 5.77. The van der Waals surface area contributed by atoms with Gasteiger partial charge in [-0.2, -0.15) is 0 Å². The van der Waals surface area contributed by atoms with E-state index >= 15 is 0 Å². The van der Waals surface area contributed by atoms with Gasteiger partial charge in [-0.3, -0.25) is 19.3 Å². The quantitative estimate of drug-likeness (QED) is 0.685. The number of likely N-dealkylation sites (tertiary alicyclic amines) is 1. The summed E-state index contributed by atoms with van der Waals surface area (Å²) >= 11 is 0. The van der Waals surface area contributed by atoms with Gasteiger partial charge in [0.2, 0.25) is 11.8 Å². The van der Waals surface area contributed by atoms with Crippen LogP contribution >= 0.6 is 0 Å². The van der Waals surface area contributed by atoms with E-state index in [1.54, 1.807) is 0 Å². The number of nitrogens with zero attached hydrogens (tertiary/aromatic N) is 1. The monoisotopic (exact) mass is 242 g/mol. The molecule has 6 heteroatoms. The van der Waals surface area contributed by atoms with E-state index in [9.17, 15) is 14.4 Å². The number of carbonyl (C=O) groups excluding carboxylic acids is 3. The highest BCUT2D eigenvalue weighted by atomic mass is 16.5. The van der Waals surface area contributed by atoms with E-state index < -0.39 is 6.04 Å². The molecule has 0 bridgehead atoms. The Morgan fingerprint density at radius 1 is 1.53 bits per heavy atom. The number of imide groups is 1. The molecule has 1 aliphatic heterocycles. The van der Waals surface area contributed by atoms with Crippen molar-refractivity contribution >= 4 is 17.7 Å². The van der Waals surface area contributed by atoms with Gasteiger partial charge in [0.15, 0.2) is 0 Å². The fourth-order valence-corrected chi connectivity index (χ4v) is 1.53. The highest BCUT2D eigenvalue weighted by Gasteiger charge is 2.32. The minimum atomic E-state index is -0.610. The van der Waals surface area contributed by atoms with Crippen LogP contribution in [0.3, 0.4) is 0 Å². The number of hydrogen-bond donors (Lipinski definition) is 1. The Hall–Kier alpha value is -1.43. The van der Waals surface area contributed by atoms with Crippen molar-refractivity contribution in [3.05, 3.63) is 0 Å². The maximum Gasteiger partial charge on any atom is 0.251 e. The van der Waals surface area contributed by atoms with Gasteiger partial charge in [-0.25, -0.2) is 0 Å². The summed E-state index contributed by atoms with van der Waals surface area (Å²) in [6.45, 7) is 3.58. The van der Waals surface area contributed by atoms with E-state index in [0.29, 0.717) is 6.42 Å². The largest absolute Gasteiger partial charge is 0.369 e. The zero-order valence-corrected chi connectivity index (χ0v) is 10.4. The van der Waals surface area contributed by atoms with Gasteiger partial charge < -0.3 is 10.1 Å². The fraction of sp³-hybridized carbons (Fsp3) is 0.727. The predicted molar refractivity (Wildman–Crippen MR) is 60.0 cm³/mol. The predicted octanol–water partition coefficient (Wildman–Crippen LogP) is -0.325. The zero-order valence-electron chi connectivity index (χ0n) is 10.4. The summed E-state index contributed by atoms with van der Waals surface area (Å²) in [5.74, 6) is -0.905. The molecule has 1 saturated heterocycles. The van der Waals surface area contributed by atoms with Crippen LogP contribution in [0.25, 0.3) is 0 Å². The Labute approximate surface area is 100 Å². The Morgan fingerprint density at radius 3 is 2.76 bits per heavy atom. The Bertz CT molecular complexity index is 327. The molecule has 1 aliphatic rings. The van der Waals surface area contributed by atoms with Gasteiger partial charge in [0, 0.05) is 13.5 Å². The van der Waals surface area contributed by atoms with Gasteiger partial charge in [0.1, 0.15) is 12.6 Å². The Kier molecular flexibility index (Phi) is 4.62. The highest BCUT2D eigenvalue weighted by molar-refractivity contribution is 6.01. The van der Waals surface area contributed by atoms with Crippen LogP contribution in [0.15, 0.2) is 0 Å². The molecule has 0 radical (unpaired) electrons. The van der Waals surface area contributed by atoms with E-state index in [4.69, 9.17) is 4.74 Å². The Balaban J connectivity index is 2.44. The summed E-state index contributed by atoms with van der Waals surface area (Å²) in [6.07, 6.45) is 0.597. The third kappa shape index (κ3) is 3.81. The minimum Gasteiger partial charge on any atom is -0.369 e. The first-order chi connectivity index (χ1) is 7.91. The Morgan fingerprint density at radius 2 is 2.18 bits per heavy atom. The fourth-order valence-electron chi connectivity index (χ4n) is 1.53. The number of carbonyl (C=O) groups is 3. The lowest BCUT2D eigenvalue weighted by Gasteiger charge is -2.28. The number of nitrogens with one attached hydrogen (secondary N) is 1. The van der Waals surface area contributed by atoms with Crippen LogP contribution < -0.4 is 5.32 Å². The van der Waals surface area contributed by atoms with Gasteiger partial charge in [-0.15, -0.1) is 0 Å². The third-order valence-electron chi connectivity index (χ3n) is 2.53. The first kappa shape index (κ1) is 13.6. The number of piperidine rings is 1. The maximum absolute atomic E-state index is 11.7. The number of rotatable bonds is 4. The van der Waals surface area contributed by atoms with Crippen molar-refractivity contribution in [1.82, 2.24) is 10.2 Å². The molecular weight excluding hydrogens is 224 g/mol.